The molecule has 0 saturated heterocycles. The summed E-state index contributed by atoms with van der Waals surface area (Å²) in [6.07, 6.45) is 2.78. The zero-order valence-corrected chi connectivity index (χ0v) is 23.8. The number of carbonyl (C=O) groups excluding carboxylic acids is 1. The zero-order chi connectivity index (χ0) is 28.4. The van der Waals surface area contributed by atoms with E-state index < -0.39 is 11.2 Å². The van der Waals surface area contributed by atoms with Crippen LogP contribution in [0.15, 0.2) is 60.8 Å². The van der Waals surface area contributed by atoms with Crippen LogP contribution in [0.3, 0.4) is 0 Å². The highest BCUT2D eigenvalue weighted by Crippen LogP contribution is 2.35. The third kappa shape index (κ3) is 7.47. The van der Waals surface area contributed by atoms with Gasteiger partial charge in [0.05, 0.1) is 5.69 Å². The van der Waals surface area contributed by atoms with E-state index in [9.17, 15) is 9.90 Å². The molecule has 1 aromatic heterocycles. The van der Waals surface area contributed by atoms with E-state index in [1.54, 1.807) is 26.1 Å². The molecule has 0 bridgehead atoms. The fraction of sp³-hybridized carbons (Fsp3) is 0.452. The minimum atomic E-state index is -1.07. The first-order chi connectivity index (χ1) is 18.2. The first-order valence-corrected chi connectivity index (χ1v) is 13.3. The molecule has 0 radical (unpaired) electrons. The molecule has 1 amide bonds. The van der Waals surface area contributed by atoms with Crippen molar-refractivity contribution in [3.63, 3.8) is 0 Å². The van der Waals surface area contributed by atoms with E-state index in [4.69, 9.17) is 14.2 Å². The van der Waals surface area contributed by atoms with Gasteiger partial charge in [0.1, 0.15) is 28.8 Å². The molecule has 208 valence electrons. The van der Waals surface area contributed by atoms with Gasteiger partial charge in [0, 0.05) is 30.5 Å². The average molecular weight is 534 g/mol. The molecule has 1 aliphatic rings. The van der Waals surface area contributed by atoms with Gasteiger partial charge in [0.15, 0.2) is 0 Å². The SMILES string of the molecule is CC(C)(C)OC(=O)N[C@H]1C[C@H](Oc2ccc(C(C)(C)c3ccc(Oc4nccc(C(C)(C)O)n4)cc3)cc2)C1. The van der Waals surface area contributed by atoms with Gasteiger partial charge in [-0.05, 0) is 76.1 Å². The maximum absolute atomic E-state index is 11.9. The first kappa shape index (κ1) is 28.4. The van der Waals surface area contributed by atoms with Gasteiger partial charge in [0.2, 0.25) is 0 Å². The van der Waals surface area contributed by atoms with Crippen molar-refractivity contribution in [1.29, 1.82) is 0 Å². The first-order valence-electron chi connectivity index (χ1n) is 13.3. The number of benzene rings is 2. The molecular weight excluding hydrogens is 494 g/mol. The summed E-state index contributed by atoms with van der Waals surface area (Å²) < 4.78 is 17.2. The summed E-state index contributed by atoms with van der Waals surface area (Å²) in [5.41, 5.74) is 0.955. The van der Waals surface area contributed by atoms with E-state index in [0.717, 1.165) is 29.7 Å². The molecule has 3 aromatic rings. The van der Waals surface area contributed by atoms with E-state index in [1.807, 2.05) is 57.2 Å². The molecule has 4 rings (SSSR count). The van der Waals surface area contributed by atoms with Crippen molar-refractivity contribution in [3.8, 4) is 17.5 Å². The van der Waals surface area contributed by atoms with E-state index >= 15 is 0 Å². The number of nitrogens with zero attached hydrogens (tertiary/aromatic N) is 2. The van der Waals surface area contributed by atoms with Crippen LogP contribution in [0.25, 0.3) is 0 Å². The van der Waals surface area contributed by atoms with Crippen molar-refractivity contribution in [1.82, 2.24) is 15.3 Å². The molecule has 8 heteroatoms. The van der Waals surface area contributed by atoms with Crippen LogP contribution in [-0.2, 0) is 15.8 Å². The summed E-state index contributed by atoms with van der Waals surface area (Å²) in [4.78, 5) is 20.4. The minimum Gasteiger partial charge on any atom is -0.490 e. The lowest BCUT2D eigenvalue weighted by Gasteiger charge is -2.36. The number of carbonyl (C=O) groups is 1. The molecule has 1 heterocycles. The Morgan fingerprint density at radius 3 is 1.97 bits per heavy atom. The van der Waals surface area contributed by atoms with Gasteiger partial charge < -0.3 is 24.6 Å². The number of nitrogens with one attached hydrogen (secondary N) is 1. The Balaban J connectivity index is 1.32. The number of hydrogen-bond donors (Lipinski definition) is 2. The predicted octanol–water partition coefficient (Wildman–Crippen LogP) is 6.26. The predicted molar refractivity (Wildman–Crippen MR) is 149 cm³/mol. The Labute approximate surface area is 230 Å². The smallest absolute Gasteiger partial charge is 0.407 e. The fourth-order valence-corrected chi connectivity index (χ4v) is 4.34. The normalized spacial score (nSPS) is 17.6. The minimum absolute atomic E-state index is 0.0736. The van der Waals surface area contributed by atoms with Crippen molar-refractivity contribution in [3.05, 3.63) is 77.6 Å². The molecule has 1 fully saturated rings. The summed E-state index contributed by atoms with van der Waals surface area (Å²) in [7, 11) is 0. The Hall–Kier alpha value is -3.65. The van der Waals surface area contributed by atoms with Crippen LogP contribution in [0.4, 0.5) is 4.79 Å². The summed E-state index contributed by atoms with van der Waals surface area (Å²) >= 11 is 0. The van der Waals surface area contributed by atoms with Crippen LogP contribution in [-0.4, -0.2) is 38.9 Å². The van der Waals surface area contributed by atoms with Gasteiger partial charge >= 0.3 is 12.1 Å². The number of ether oxygens (including phenoxy) is 3. The summed E-state index contributed by atoms with van der Waals surface area (Å²) in [6, 6.07) is 18.0. The van der Waals surface area contributed by atoms with Crippen molar-refractivity contribution >= 4 is 6.09 Å². The van der Waals surface area contributed by atoms with Gasteiger partial charge in [-0.3, -0.25) is 0 Å². The topological polar surface area (TPSA) is 103 Å². The molecular formula is C31H39N3O5. The van der Waals surface area contributed by atoms with Gasteiger partial charge in [-0.25, -0.2) is 9.78 Å². The van der Waals surface area contributed by atoms with Crippen LogP contribution in [0.2, 0.25) is 0 Å². The third-order valence-corrected chi connectivity index (χ3v) is 6.74. The lowest BCUT2D eigenvalue weighted by atomic mass is 9.78. The largest absolute Gasteiger partial charge is 0.490 e. The van der Waals surface area contributed by atoms with Gasteiger partial charge in [-0.2, -0.15) is 4.98 Å². The lowest BCUT2D eigenvalue weighted by molar-refractivity contribution is 0.0362. The monoisotopic (exact) mass is 533 g/mol. The number of aliphatic hydroxyl groups is 1. The summed E-state index contributed by atoms with van der Waals surface area (Å²) in [5.74, 6) is 1.43. The van der Waals surface area contributed by atoms with Crippen molar-refractivity contribution in [2.45, 2.75) is 90.1 Å². The van der Waals surface area contributed by atoms with Crippen LogP contribution in [0, 0.1) is 0 Å². The summed E-state index contributed by atoms with van der Waals surface area (Å²) in [5, 5.41) is 13.1. The molecule has 1 aliphatic carbocycles. The number of alkyl carbamates (subject to hydrolysis) is 1. The van der Waals surface area contributed by atoms with E-state index in [2.05, 4.69) is 41.3 Å². The highest BCUT2D eigenvalue weighted by Gasteiger charge is 2.33. The van der Waals surface area contributed by atoms with Crippen LogP contribution < -0.4 is 14.8 Å². The quantitative estimate of drug-likeness (QED) is 0.352. The van der Waals surface area contributed by atoms with Crippen molar-refractivity contribution in [2.24, 2.45) is 0 Å². The number of aromatic nitrogens is 2. The molecule has 0 spiro atoms. The van der Waals surface area contributed by atoms with Crippen LogP contribution >= 0.6 is 0 Å². The second kappa shape index (κ2) is 10.8. The maximum Gasteiger partial charge on any atom is 0.407 e. The molecule has 1 saturated carbocycles. The third-order valence-electron chi connectivity index (χ3n) is 6.74. The Bertz CT molecular complexity index is 1270. The molecule has 0 aliphatic heterocycles. The van der Waals surface area contributed by atoms with Gasteiger partial charge in [0.25, 0.3) is 0 Å². The second-order valence-corrected chi connectivity index (χ2v) is 12.1. The zero-order valence-electron chi connectivity index (χ0n) is 23.8. The van der Waals surface area contributed by atoms with Crippen LogP contribution in [0.5, 0.6) is 17.5 Å². The van der Waals surface area contributed by atoms with Gasteiger partial charge in [-0.15, -0.1) is 0 Å². The molecule has 0 unspecified atom stereocenters. The second-order valence-electron chi connectivity index (χ2n) is 12.1. The average Bonchev–Trinajstić information content (AvgIpc) is 2.82. The Morgan fingerprint density at radius 1 is 0.872 bits per heavy atom. The molecule has 8 nitrogen and oxygen atoms in total. The fourth-order valence-electron chi connectivity index (χ4n) is 4.34. The van der Waals surface area contributed by atoms with Crippen LogP contribution in [0.1, 0.15) is 78.1 Å². The lowest BCUT2D eigenvalue weighted by Crippen LogP contribution is -2.50. The van der Waals surface area contributed by atoms with E-state index in [0.29, 0.717) is 11.4 Å². The highest BCUT2D eigenvalue weighted by atomic mass is 16.6. The molecule has 39 heavy (non-hydrogen) atoms. The van der Waals surface area contributed by atoms with E-state index in [1.165, 1.54) is 0 Å². The number of rotatable bonds is 8. The molecule has 2 aromatic carbocycles. The van der Waals surface area contributed by atoms with E-state index in [-0.39, 0.29) is 29.7 Å². The number of hydrogen-bond acceptors (Lipinski definition) is 7. The maximum atomic E-state index is 11.9. The van der Waals surface area contributed by atoms with Crippen molar-refractivity contribution < 1.29 is 24.1 Å². The van der Waals surface area contributed by atoms with Gasteiger partial charge in [-0.1, -0.05) is 38.1 Å². The Kier molecular flexibility index (Phi) is 7.89. The molecule has 0 atom stereocenters. The standard InChI is InChI=1S/C31H39N3O5/c1-29(2,3)39-28(35)33-22-18-25(19-22)37-23-12-8-20(9-13-23)30(4,5)21-10-14-24(15-11-21)38-27-32-17-16-26(34-27)31(6,7)36/h8-17,22,25,36H,18-19H2,1-7H3,(H,33,35)/t22-,25-. The Morgan fingerprint density at radius 2 is 1.44 bits per heavy atom. The van der Waals surface area contributed by atoms with Crippen molar-refractivity contribution in [2.75, 3.05) is 0 Å². The summed E-state index contributed by atoms with van der Waals surface area (Å²) in [6.45, 7) is 13.2. The highest BCUT2D eigenvalue weighted by molar-refractivity contribution is 5.68. The molecule has 2 N–H and O–H groups in total. The number of amides is 1.